The highest BCUT2D eigenvalue weighted by atomic mass is 16.5. The molecule has 1 N–H and O–H groups in total. The van der Waals surface area contributed by atoms with Gasteiger partial charge >= 0.3 is 0 Å². The number of aliphatic hydroxyl groups is 1. The number of methoxy groups -OCH3 is 2. The first-order valence-electron chi connectivity index (χ1n) is 9.26. The second-order valence-electron chi connectivity index (χ2n) is 6.72. The number of ether oxygens (including phenoxy) is 2. The predicted molar refractivity (Wildman–Crippen MR) is 100 cm³/mol. The lowest BCUT2D eigenvalue weighted by molar-refractivity contribution is 0.0750. The number of hydrogen-bond donors (Lipinski definition) is 1. The third-order valence-corrected chi connectivity index (χ3v) is 4.86. The highest BCUT2D eigenvalue weighted by molar-refractivity contribution is 6.01. The molecule has 0 radical (unpaired) electrons. The zero-order chi connectivity index (χ0) is 19.4. The Balaban J connectivity index is 2.05. The summed E-state index contributed by atoms with van der Waals surface area (Å²) in [4.78, 5) is 15.1. The van der Waals surface area contributed by atoms with Crippen molar-refractivity contribution in [2.75, 3.05) is 27.3 Å². The standard InChI is InChI=1S/C20H26N2O5/c1-13(23)19-17(20(24)22-10-6-4-5-7-11-22)18(21-27-19)14-8-9-15(25-2)16(12-14)26-3/h8-9,12-13,23H,4-7,10-11H2,1-3H3/t13-/m0/s1. The molecule has 27 heavy (non-hydrogen) atoms. The fraction of sp³-hybridized carbons (Fsp3) is 0.500. The van der Waals surface area contributed by atoms with Crippen LogP contribution in [0.2, 0.25) is 0 Å². The van der Waals surface area contributed by atoms with Gasteiger partial charge in [0.15, 0.2) is 17.3 Å². The van der Waals surface area contributed by atoms with Crippen LogP contribution in [0.3, 0.4) is 0 Å². The van der Waals surface area contributed by atoms with Gasteiger partial charge in [0.05, 0.1) is 14.2 Å². The third kappa shape index (κ3) is 3.93. The minimum atomic E-state index is -0.933. The lowest BCUT2D eigenvalue weighted by Gasteiger charge is -2.21. The van der Waals surface area contributed by atoms with Crippen molar-refractivity contribution in [3.05, 3.63) is 29.5 Å². The highest BCUT2D eigenvalue weighted by Crippen LogP contribution is 2.36. The van der Waals surface area contributed by atoms with Crippen molar-refractivity contribution < 1.29 is 23.9 Å². The third-order valence-electron chi connectivity index (χ3n) is 4.86. The van der Waals surface area contributed by atoms with Crippen LogP contribution in [0.5, 0.6) is 11.5 Å². The smallest absolute Gasteiger partial charge is 0.259 e. The Morgan fingerprint density at radius 3 is 2.41 bits per heavy atom. The van der Waals surface area contributed by atoms with Crippen molar-refractivity contribution in [3.63, 3.8) is 0 Å². The van der Waals surface area contributed by atoms with Crippen LogP contribution < -0.4 is 9.47 Å². The summed E-state index contributed by atoms with van der Waals surface area (Å²) in [6.45, 7) is 2.97. The summed E-state index contributed by atoms with van der Waals surface area (Å²) in [7, 11) is 3.11. The van der Waals surface area contributed by atoms with Gasteiger partial charge in [-0.05, 0) is 38.0 Å². The van der Waals surface area contributed by atoms with Crippen molar-refractivity contribution in [1.29, 1.82) is 0 Å². The van der Waals surface area contributed by atoms with Crippen LogP contribution in [0.15, 0.2) is 22.7 Å². The second kappa shape index (κ2) is 8.43. The van der Waals surface area contributed by atoms with Gasteiger partial charge in [-0.3, -0.25) is 4.79 Å². The van der Waals surface area contributed by atoms with E-state index in [1.807, 2.05) is 4.90 Å². The number of hydrogen-bond acceptors (Lipinski definition) is 6. The summed E-state index contributed by atoms with van der Waals surface area (Å²) < 4.78 is 16.0. The molecule has 3 rings (SSSR count). The molecule has 1 aromatic heterocycles. The zero-order valence-corrected chi connectivity index (χ0v) is 16.0. The highest BCUT2D eigenvalue weighted by Gasteiger charge is 2.30. The van der Waals surface area contributed by atoms with Gasteiger partial charge in [0.1, 0.15) is 17.4 Å². The minimum absolute atomic E-state index is 0.154. The molecule has 7 heteroatoms. The number of aliphatic hydroxyl groups excluding tert-OH is 1. The average molecular weight is 374 g/mol. The monoisotopic (exact) mass is 374 g/mol. The molecule has 1 amide bonds. The number of aromatic nitrogens is 1. The molecule has 1 aliphatic rings. The van der Waals surface area contributed by atoms with Crippen LogP contribution in [0.4, 0.5) is 0 Å². The first kappa shape index (κ1) is 19.2. The molecular formula is C20H26N2O5. The maximum absolute atomic E-state index is 13.3. The molecule has 7 nitrogen and oxygen atoms in total. The van der Waals surface area contributed by atoms with E-state index >= 15 is 0 Å². The Morgan fingerprint density at radius 1 is 1.15 bits per heavy atom. The first-order chi connectivity index (χ1) is 13.1. The van der Waals surface area contributed by atoms with Crippen molar-refractivity contribution in [3.8, 4) is 22.8 Å². The second-order valence-corrected chi connectivity index (χ2v) is 6.72. The fourth-order valence-corrected chi connectivity index (χ4v) is 3.41. The lowest BCUT2D eigenvalue weighted by Crippen LogP contribution is -2.32. The molecule has 1 saturated heterocycles. The molecule has 0 saturated carbocycles. The maximum Gasteiger partial charge on any atom is 0.259 e. The molecule has 0 aliphatic carbocycles. The summed E-state index contributed by atoms with van der Waals surface area (Å²) >= 11 is 0. The Morgan fingerprint density at radius 2 is 1.81 bits per heavy atom. The molecule has 1 fully saturated rings. The van der Waals surface area contributed by atoms with E-state index in [0.717, 1.165) is 25.7 Å². The van der Waals surface area contributed by atoms with Crippen molar-refractivity contribution in [2.24, 2.45) is 0 Å². The summed E-state index contributed by atoms with van der Waals surface area (Å²) in [6, 6.07) is 5.30. The first-order valence-corrected chi connectivity index (χ1v) is 9.26. The maximum atomic E-state index is 13.3. The van der Waals surface area contributed by atoms with E-state index < -0.39 is 6.10 Å². The van der Waals surface area contributed by atoms with E-state index in [0.29, 0.717) is 41.4 Å². The van der Waals surface area contributed by atoms with Crippen LogP contribution in [0, 0.1) is 0 Å². The lowest BCUT2D eigenvalue weighted by atomic mass is 10.0. The van der Waals surface area contributed by atoms with Crippen molar-refractivity contribution in [1.82, 2.24) is 10.1 Å². The zero-order valence-electron chi connectivity index (χ0n) is 16.0. The van der Waals surface area contributed by atoms with E-state index in [1.165, 1.54) is 0 Å². The Bertz CT molecular complexity index is 792. The molecule has 2 aromatic rings. The molecule has 2 heterocycles. The molecular weight excluding hydrogens is 348 g/mol. The van der Waals surface area contributed by atoms with Crippen LogP contribution in [-0.2, 0) is 0 Å². The van der Waals surface area contributed by atoms with E-state index in [9.17, 15) is 9.90 Å². The molecule has 0 bridgehead atoms. The molecule has 1 atom stereocenters. The van der Waals surface area contributed by atoms with Crippen LogP contribution in [-0.4, -0.2) is 48.4 Å². The topological polar surface area (TPSA) is 85.0 Å². The number of nitrogens with zero attached hydrogens (tertiary/aromatic N) is 2. The Kier molecular flexibility index (Phi) is 6.01. The van der Waals surface area contributed by atoms with Gasteiger partial charge in [0.25, 0.3) is 5.91 Å². The summed E-state index contributed by atoms with van der Waals surface area (Å²) in [5, 5.41) is 14.2. The molecule has 1 aliphatic heterocycles. The summed E-state index contributed by atoms with van der Waals surface area (Å²) in [5.74, 6) is 1.15. The summed E-state index contributed by atoms with van der Waals surface area (Å²) in [6.07, 6.45) is 3.27. The van der Waals surface area contributed by atoms with Gasteiger partial charge in [0, 0.05) is 18.7 Å². The van der Waals surface area contributed by atoms with Gasteiger partial charge in [-0.25, -0.2) is 0 Å². The average Bonchev–Trinajstić information content (AvgIpc) is 2.95. The number of carbonyl (C=O) groups is 1. The van der Waals surface area contributed by atoms with Crippen LogP contribution in [0.1, 0.15) is 54.8 Å². The SMILES string of the molecule is COc1ccc(-c2noc([C@H](C)O)c2C(=O)N2CCCCCC2)cc1OC. The predicted octanol–water partition coefficient (Wildman–Crippen LogP) is 3.43. The number of rotatable bonds is 5. The van der Waals surface area contributed by atoms with Gasteiger partial charge in [0.2, 0.25) is 0 Å². The van der Waals surface area contributed by atoms with E-state index in [2.05, 4.69) is 5.16 Å². The summed E-state index contributed by atoms with van der Waals surface area (Å²) in [5.41, 5.74) is 1.39. The van der Waals surface area contributed by atoms with Crippen molar-refractivity contribution in [2.45, 2.75) is 38.7 Å². The van der Waals surface area contributed by atoms with Crippen LogP contribution >= 0.6 is 0 Å². The van der Waals surface area contributed by atoms with Gasteiger partial charge in [-0.2, -0.15) is 0 Å². The minimum Gasteiger partial charge on any atom is -0.493 e. The van der Waals surface area contributed by atoms with Gasteiger partial charge in [-0.1, -0.05) is 18.0 Å². The van der Waals surface area contributed by atoms with E-state index in [-0.39, 0.29) is 11.7 Å². The van der Waals surface area contributed by atoms with E-state index in [1.54, 1.807) is 39.3 Å². The fourth-order valence-electron chi connectivity index (χ4n) is 3.41. The van der Waals surface area contributed by atoms with E-state index in [4.69, 9.17) is 14.0 Å². The Hall–Kier alpha value is -2.54. The van der Waals surface area contributed by atoms with Crippen molar-refractivity contribution >= 4 is 5.91 Å². The Labute approximate surface area is 158 Å². The molecule has 0 unspecified atom stereocenters. The molecule has 0 spiro atoms. The quantitative estimate of drug-likeness (QED) is 0.863. The number of likely N-dealkylation sites (tertiary alicyclic amines) is 1. The van der Waals surface area contributed by atoms with Crippen LogP contribution in [0.25, 0.3) is 11.3 Å². The largest absolute Gasteiger partial charge is 0.493 e. The number of benzene rings is 1. The van der Waals surface area contributed by atoms with Gasteiger partial charge < -0.3 is 24.0 Å². The van der Waals surface area contributed by atoms with Gasteiger partial charge in [-0.15, -0.1) is 0 Å². The number of amides is 1. The molecule has 1 aromatic carbocycles. The number of carbonyl (C=O) groups excluding carboxylic acids is 1. The normalized spacial score (nSPS) is 15.9. The molecule has 146 valence electrons.